The van der Waals surface area contributed by atoms with Crippen molar-refractivity contribution in [2.75, 3.05) is 13.1 Å². The van der Waals surface area contributed by atoms with Crippen molar-refractivity contribution in [2.24, 2.45) is 0 Å². The molecule has 0 saturated carbocycles. The zero-order chi connectivity index (χ0) is 19.6. The molecule has 146 valence electrons. The highest BCUT2D eigenvalue weighted by Crippen LogP contribution is 2.32. The second kappa shape index (κ2) is 8.05. The van der Waals surface area contributed by atoms with E-state index in [0.717, 1.165) is 45.7 Å². The summed E-state index contributed by atoms with van der Waals surface area (Å²) in [5.74, 6) is 0. The molecule has 1 saturated heterocycles. The van der Waals surface area contributed by atoms with E-state index in [1.54, 1.807) is 11.3 Å². The molecule has 2 aromatic carbocycles. The Bertz CT molecular complexity index is 1120. The molecule has 1 fully saturated rings. The molecule has 4 aromatic rings. The second-order valence-corrected chi connectivity index (χ2v) is 8.93. The molecular weight excluding hydrogens is 374 g/mol. The van der Waals surface area contributed by atoms with Gasteiger partial charge in [-0.1, -0.05) is 42.5 Å². The van der Waals surface area contributed by atoms with E-state index in [1.165, 1.54) is 30.3 Å². The Kier molecular flexibility index (Phi) is 5.13. The van der Waals surface area contributed by atoms with Crippen LogP contribution in [0.2, 0.25) is 0 Å². The highest BCUT2D eigenvalue weighted by molar-refractivity contribution is 7.18. The number of fused-ring (bicyclic) bond motifs is 1. The van der Waals surface area contributed by atoms with Crippen LogP contribution in [-0.4, -0.2) is 34.0 Å². The number of thiazole rings is 1. The minimum absolute atomic E-state index is 0.736. The molecule has 3 nitrogen and oxygen atoms in total. The van der Waals surface area contributed by atoms with E-state index in [2.05, 4.69) is 59.3 Å². The lowest BCUT2D eigenvalue weighted by Crippen LogP contribution is -2.28. The maximum absolute atomic E-state index is 4.90. The first-order chi connectivity index (χ1) is 14.3. The largest absolute Gasteiger partial charge is 0.300 e. The summed E-state index contributed by atoms with van der Waals surface area (Å²) < 4.78 is 0. The van der Waals surface area contributed by atoms with Crippen LogP contribution < -0.4 is 0 Å². The van der Waals surface area contributed by atoms with Crippen LogP contribution in [-0.2, 0) is 6.42 Å². The zero-order valence-electron chi connectivity index (χ0n) is 16.7. The summed E-state index contributed by atoms with van der Waals surface area (Å²) >= 11 is 1.69. The van der Waals surface area contributed by atoms with Crippen molar-refractivity contribution in [3.05, 3.63) is 72.4 Å². The van der Waals surface area contributed by atoms with Crippen molar-refractivity contribution >= 4 is 22.2 Å². The Morgan fingerprint density at radius 3 is 2.79 bits per heavy atom. The smallest absolute Gasteiger partial charge is 0.123 e. The number of hydrogen-bond donors (Lipinski definition) is 0. The Balaban J connectivity index is 1.35. The van der Waals surface area contributed by atoms with Gasteiger partial charge in [0, 0.05) is 29.7 Å². The van der Waals surface area contributed by atoms with Crippen molar-refractivity contribution in [3.8, 4) is 21.1 Å². The van der Waals surface area contributed by atoms with Crippen LogP contribution in [0.5, 0.6) is 0 Å². The fourth-order valence-corrected chi connectivity index (χ4v) is 5.06. The van der Waals surface area contributed by atoms with Crippen molar-refractivity contribution in [3.63, 3.8) is 0 Å². The molecule has 3 heterocycles. The van der Waals surface area contributed by atoms with E-state index >= 15 is 0 Å². The minimum Gasteiger partial charge on any atom is -0.300 e. The maximum atomic E-state index is 4.90. The summed E-state index contributed by atoms with van der Waals surface area (Å²) in [4.78, 5) is 13.2. The van der Waals surface area contributed by atoms with Crippen LogP contribution in [0.4, 0.5) is 0 Å². The average Bonchev–Trinajstić information content (AvgIpc) is 3.42. The average molecular weight is 400 g/mol. The highest BCUT2D eigenvalue weighted by atomic mass is 32.1. The monoisotopic (exact) mass is 399 g/mol. The predicted molar refractivity (Wildman–Crippen MR) is 122 cm³/mol. The number of benzene rings is 2. The van der Waals surface area contributed by atoms with Crippen LogP contribution in [0.15, 0.2) is 66.9 Å². The third-order valence-electron chi connectivity index (χ3n) is 5.91. The van der Waals surface area contributed by atoms with Gasteiger partial charge in [0.25, 0.3) is 0 Å². The summed E-state index contributed by atoms with van der Waals surface area (Å²) in [7, 11) is 0. The third kappa shape index (κ3) is 3.96. The first-order valence-electron chi connectivity index (χ1n) is 10.4. The van der Waals surface area contributed by atoms with Gasteiger partial charge >= 0.3 is 0 Å². The first-order valence-corrected chi connectivity index (χ1v) is 11.2. The summed E-state index contributed by atoms with van der Waals surface area (Å²) in [6.07, 6.45) is 5.73. The Labute approximate surface area is 176 Å². The molecule has 1 aliphatic heterocycles. The number of nitrogens with zero attached hydrogens (tertiary/aromatic N) is 3. The predicted octanol–water partition coefficient (Wildman–Crippen LogP) is 6.05. The van der Waals surface area contributed by atoms with Crippen molar-refractivity contribution in [1.29, 1.82) is 0 Å². The molecule has 1 atom stereocenters. The summed E-state index contributed by atoms with van der Waals surface area (Å²) in [6, 6.07) is 22.1. The van der Waals surface area contributed by atoms with Gasteiger partial charge in [-0.3, -0.25) is 0 Å². The van der Waals surface area contributed by atoms with Gasteiger partial charge in [0.2, 0.25) is 0 Å². The van der Waals surface area contributed by atoms with E-state index in [0.29, 0.717) is 0 Å². The second-order valence-electron chi connectivity index (χ2n) is 7.90. The van der Waals surface area contributed by atoms with Gasteiger partial charge in [0.05, 0.1) is 16.1 Å². The topological polar surface area (TPSA) is 29.0 Å². The molecule has 5 rings (SSSR count). The molecule has 4 heteroatoms. The van der Waals surface area contributed by atoms with Gasteiger partial charge in [-0.05, 0) is 56.5 Å². The van der Waals surface area contributed by atoms with Crippen LogP contribution in [0.1, 0.15) is 25.3 Å². The van der Waals surface area contributed by atoms with Crippen molar-refractivity contribution < 1.29 is 0 Å². The standard InChI is InChI=1S/C25H25N3S/c1-18-6-5-14-28(18)15-13-19-9-11-22-21(16-19)10-12-23(27-22)24-17-26-25(29-24)20-7-3-2-4-8-20/h2-4,7-12,16-18H,5-6,13-15H2,1H3/t18-/m1/s1. The molecular formula is C25H25N3S. The SMILES string of the molecule is C[C@@H]1CCCN1CCc1ccc2nc(-c3cnc(-c4ccccc4)s3)ccc2c1. The van der Waals surface area contributed by atoms with Crippen LogP contribution in [0.25, 0.3) is 32.0 Å². The van der Waals surface area contributed by atoms with Gasteiger partial charge in [-0.25, -0.2) is 9.97 Å². The summed E-state index contributed by atoms with van der Waals surface area (Å²) in [5.41, 5.74) is 4.60. The number of likely N-dealkylation sites (tertiary alicyclic amines) is 1. The molecule has 29 heavy (non-hydrogen) atoms. The third-order valence-corrected chi connectivity index (χ3v) is 6.98. The zero-order valence-corrected chi connectivity index (χ0v) is 17.5. The Morgan fingerprint density at radius 1 is 1.07 bits per heavy atom. The fraction of sp³-hybridized carbons (Fsp3) is 0.280. The normalized spacial score (nSPS) is 17.2. The van der Waals surface area contributed by atoms with Gasteiger partial charge in [-0.15, -0.1) is 11.3 Å². The summed E-state index contributed by atoms with van der Waals surface area (Å²) in [5, 5.41) is 2.25. The van der Waals surface area contributed by atoms with E-state index in [-0.39, 0.29) is 0 Å². The molecule has 0 aliphatic carbocycles. The van der Waals surface area contributed by atoms with E-state index in [1.807, 2.05) is 24.4 Å². The van der Waals surface area contributed by atoms with Gasteiger partial charge in [0.1, 0.15) is 5.01 Å². The van der Waals surface area contributed by atoms with Crippen LogP contribution in [0.3, 0.4) is 0 Å². The van der Waals surface area contributed by atoms with Gasteiger partial charge < -0.3 is 4.90 Å². The van der Waals surface area contributed by atoms with Gasteiger partial charge in [-0.2, -0.15) is 0 Å². The van der Waals surface area contributed by atoms with E-state index < -0.39 is 0 Å². The Morgan fingerprint density at radius 2 is 1.97 bits per heavy atom. The molecule has 0 spiro atoms. The van der Waals surface area contributed by atoms with Crippen LogP contribution >= 0.6 is 11.3 Å². The maximum Gasteiger partial charge on any atom is 0.123 e. The molecule has 1 aliphatic rings. The molecule has 0 N–H and O–H groups in total. The molecule has 2 aromatic heterocycles. The summed E-state index contributed by atoms with van der Waals surface area (Å²) in [6.45, 7) is 4.75. The Hall–Kier alpha value is -2.56. The number of hydrogen-bond acceptors (Lipinski definition) is 4. The quantitative estimate of drug-likeness (QED) is 0.409. The lowest BCUT2D eigenvalue weighted by Gasteiger charge is -2.20. The highest BCUT2D eigenvalue weighted by Gasteiger charge is 2.19. The van der Waals surface area contributed by atoms with Gasteiger partial charge in [0.15, 0.2) is 0 Å². The lowest BCUT2D eigenvalue weighted by molar-refractivity contribution is 0.272. The van der Waals surface area contributed by atoms with E-state index in [4.69, 9.17) is 4.98 Å². The lowest BCUT2D eigenvalue weighted by atomic mass is 10.1. The number of aromatic nitrogens is 2. The molecule has 0 bridgehead atoms. The molecule has 0 unspecified atom stereocenters. The minimum atomic E-state index is 0.736. The fourth-order valence-electron chi connectivity index (χ4n) is 4.17. The van der Waals surface area contributed by atoms with Crippen LogP contribution in [0, 0.1) is 0 Å². The molecule has 0 radical (unpaired) electrons. The molecule has 0 amide bonds. The number of rotatable bonds is 5. The van der Waals surface area contributed by atoms with Crippen molar-refractivity contribution in [1.82, 2.24) is 14.9 Å². The number of pyridine rings is 1. The first kappa shape index (κ1) is 18.5. The van der Waals surface area contributed by atoms with E-state index in [9.17, 15) is 0 Å². The van der Waals surface area contributed by atoms with Crippen molar-refractivity contribution in [2.45, 2.75) is 32.2 Å².